The SMILES string of the molecule is CCC(NC(=O)C1CSCN1)C(=O)OC.Cl. The van der Waals surface area contributed by atoms with Crippen LogP contribution < -0.4 is 10.6 Å². The van der Waals surface area contributed by atoms with Gasteiger partial charge in [0.1, 0.15) is 6.04 Å². The quantitative estimate of drug-likeness (QED) is 0.710. The molecular weight excluding hydrogens is 252 g/mol. The molecule has 0 spiro atoms. The number of carbonyl (C=O) groups is 2. The molecule has 2 atom stereocenters. The van der Waals surface area contributed by atoms with E-state index in [4.69, 9.17) is 0 Å². The van der Waals surface area contributed by atoms with Crippen LogP contribution in [0.4, 0.5) is 0 Å². The number of esters is 1. The summed E-state index contributed by atoms with van der Waals surface area (Å²) in [6.45, 7) is 1.83. The van der Waals surface area contributed by atoms with E-state index in [2.05, 4.69) is 15.4 Å². The summed E-state index contributed by atoms with van der Waals surface area (Å²) in [5.41, 5.74) is 0. The van der Waals surface area contributed by atoms with Crippen molar-refractivity contribution in [2.75, 3.05) is 18.7 Å². The molecule has 1 aliphatic rings. The third-order valence-corrected chi connectivity index (χ3v) is 3.18. The van der Waals surface area contributed by atoms with Gasteiger partial charge in [-0.15, -0.1) is 24.2 Å². The van der Waals surface area contributed by atoms with Crippen molar-refractivity contribution in [2.24, 2.45) is 0 Å². The first kappa shape index (κ1) is 15.5. The minimum atomic E-state index is -0.533. The minimum absolute atomic E-state index is 0. The fourth-order valence-corrected chi connectivity index (χ4v) is 2.25. The first-order chi connectivity index (χ1) is 7.19. The summed E-state index contributed by atoms with van der Waals surface area (Å²) in [6.07, 6.45) is 0.540. The number of methoxy groups -OCH3 is 1. The van der Waals surface area contributed by atoms with E-state index in [0.717, 1.165) is 11.6 Å². The van der Waals surface area contributed by atoms with Gasteiger partial charge >= 0.3 is 5.97 Å². The first-order valence-corrected chi connectivity index (χ1v) is 6.03. The molecule has 2 N–H and O–H groups in total. The van der Waals surface area contributed by atoms with E-state index < -0.39 is 12.0 Å². The average molecular weight is 269 g/mol. The minimum Gasteiger partial charge on any atom is -0.467 e. The summed E-state index contributed by atoms with van der Waals surface area (Å²) in [6, 6.07) is -0.719. The van der Waals surface area contributed by atoms with Crippen LogP contribution in [-0.2, 0) is 14.3 Å². The van der Waals surface area contributed by atoms with Crippen LogP contribution in [0.1, 0.15) is 13.3 Å². The summed E-state index contributed by atoms with van der Waals surface area (Å²) in [4.78, 5) is 22.9. The second-order valence-electron chi connectivity index (χ2n) is 3.26. The molecule has 16 heavy (non-hydrogen) atoms. The van der Waals surface area contributed by atoms with Crippen molar-refractivity contribution in [1.29, 1.82) is 0 Å². The molecule has 1 saturated heterocycles. The Labute approximate surface area is 105 Å². The lowest BCUT2D eigenvalue weighted by Crippen LogP contribution is -2.49. The molecule has 0 saturated carbocycles. The lowest BCUT2D eigenvalue weighted by molar-refractivity contribution is -0.145. The molecule has 0 aromatic heterocycles. The topological polar surface area (TPSA) is 67.4 Å². The zero-order valence-electron chi connectivity index (χ0n) is 9.32. The Morgan fingerprint density at radius 1 is 1.62 bits per heavy atom. The van der Waals surface area contributed by atoms with Crippen molar-refractivity contribution in [3.8, 4) is 0 Å². The smallest absolute Gasteiger partial charge is 0.328 e. The maximum Gasteiger partial charge on any atom is 0.328 e. The third-order valence-electron chi connectivity index (χ3n) is 2.24. The average Bonchev–Trinajstić information content (AvgIpc) is 2.77. The molecule has 7 heteroatoms. The second kappa shape index (κ2) is 7.76. The van der Waals surface area contributed by atoms with Crippen molar-refractivity contribution < 1.29 is 14.3 Å². The van der Waals surface area contributed by atoms with Crippen LogP contribution in [0.5, 0.6) is 0 Å². The monoisotopic (exact) mass is 268 g/mol. The number of hydrogen-bond donors (Lipinski definition) is 2. The van der Waals surface area contributed by atoms with Gasteiger partial charge in [0.15, 0.2) is 0 Å². The lowest BCUT2D eigenvalue weighted by Gasteiger charge is -2.17. The molecular formula is C9H17ClN2O3S. The van der Waals surface area contributed by atoms with Gasteiger partial charge in [-0.25, -0.2) is 4.79 Å². The third kappa shape index (κ3) is 4.19. The highest BCUT2D eigenvalue weighted by Gasteiger charge is 2.26. The van der Waals surface area contributed by atoms with Crippen LogP contribution in [0, 0.1) is 0 Å². The van der Waals surface area contributed by atoms with Crippen molar-refractivity contribution in [2.45, 2.75) is 25.4 Å². The van der Waals surface area contributed by atoms with Gasteiger partial charge in [0.25, 0.3) is 0 Å². The van der Waals surface area contributed by atoms with Gasteiger partial charge in [-0.1, -0.05) is 6.92 Å². The maximum atomic E-state index is 11.6. The van der Waals surface area contributed by atoms with Gasteiger partial charge in [0.2, 0.25) is 5.91 Å². The number of amides is 1. The molecule has 1 heterocycles. The number of ether oxygens (including phenoxy) is 1. The molecule has 5 nitrogen and oxygen atoms in total. The Hall–Kier alpha value is -0.460. The molecule has 1 aliphatic heterocycles. The Balaban J connectivity index is 0.00000225. The lowest BCUT2D eigenvalue weighted by atomic mass is 10.2. The number of thioether (sulfide) groups is 1. The summed E-state index contributed by atoms with van der Waals surface area (Å²) < 4.78 is 4.59. The van der Waals surface area contributed by atoms with E-state index >= 15 is 0 Å². The van der Waals surface area contributed by atoms with E-state index in [1.54, 1.807) is 11.8 Å². The van der Waals surface area contributed by atoms with Crippen LogP contribution in [0.25, 0.3) is 0 Å². The first-order valence-electron chi connectivity index (χ1n) is 4.88. The fraction of sp³-hybridized carbons (Fsp3) is 0.778. The van der Waals surface area contributed by atoms with Gasteiger partial charge in [-0.05, 0) is 6.42 Å². The van der Waals surface area contributed by atoms with E-state index in [0.29, 0.717) is 6.42 Å². The standard InChI is InChI=1S/C9H16N2O3S.ClH/c1-3-6(9(13)14-2)11-8(12)7-4-15-5-10-7;/h6-7,10H,3-5H2,1-2H3,(H,11,12);1H. The zero-order valence-corrected chi connectivity index (χ0v) is 11.0. The fourth-order valence-electron chi connectivity index (χ4n) is 1.31. The second-order valence-corrected chi connectivity index (χ2v) is 4.29. The molecule has 0 bridgehead atoms. The number of nitrogens with one attached hydrogen (secondary N) is 2. The molecule has 94 valence electrons. The summed E-state index contributed by atoms with van der Waals surface area (Å²) in [5.74, 6) is 1.02. The summed E-state index contributed by atoms with van der Waals surface area (Å²) >= 11 is 1.67. The van der Waals surface area contributed by atoms with E-state index in [-0.39, 0.29) is 24.4 Å². The van der Waals surface area contributed by atoms with Crippen LogP contribution in [0.3, 0.4) is 0 Å². The predicted octanol–water partition coefficient (Wildman–Crippen LogP) is 0.138. The van der Waals surface area contributed by atoms with Gasteiger partial charge in [-0.3, -0.25) is 10.1 Å². The van der Waals surface area contributed by atoms with E-state index in [1.807, 2.05) is 6.92 Å². The molecule has 0 aliphatic carbocycles. The molecule has 1 fully saturated rings. The summed E-state index contributed by atoms with van der Waals surface area (Å²) in [7, 11) is 1.32. The van der Waals surface area contributed by atoms with Crippen molar-refractivity contribution >= 4 is 36.0 Å². The Kier molecular flexibility index (Phi) is 7.53. The van der Waals surface area contributed by atoms with Gasteiger partial charge in [-0.2, -0.15) is 0 Å². The van der Waals surface area contributed by atoms with Gasteiger partial charge in [0, 0.05) is 11.6 Å². The Morgan fingerprint density at radius 3 is 2.75 bits per heavy atom. The molecule has 0 aromatic carbocycles. The number of halogens is 1. The highest BCUT2D eigenvalue weighted by molar-refractivity contribution is 7.99. The highest BCUT2D eigenvalue weighted by Crippen LogP contribution is 2.09. The van der Waals surface area contributed by atoms with E-state index in [1.165, 1.54) is 7.11 Å². The normalized spacial score (nSPS) is 20.8. The molecule has 0 radical (unpaired) electrons. The van der Waals surface area contributed by atoms with Crippen LogP contribution >= 0.6 is 24.2 Å². The van der Waals surface area contributed by atoms with Crippen molar-refractivity contribution in [3.63, 3.8) is 0 Å². The maximum absolute atomic E-state index is 11.6. The molecule has 0 aromatic rings. The van der Waals surface area contributed by atoms with Crippen LogP contribution in [-0.4, -0.2) is 42.7 Å². The molecule has 2 unspecified atom stereocenters. The van der Waals surface area contributed by atoms with Gasteiger partial charge in [0.05, 0.1) is 13.2 Å². The number of rotatable bonds is 4. The zero-order chi connectivity index (χ0) is 11.3. The Morgan fingerprint density at radius 2 is 2.31 bits per heavy atom. The largest absolute Gasteiger partial charge is 0.467 e. The predicted molar refractivity (Wildman–Crippen MR) is 65.7 cm³/mol. The van der Waals surface area contributed by atoms with Crippen LogP contribution in [0.15, 0.2) is 0 Å². The highest BCUT2D eigenvalue weighted by atomic mass is 35.5. The van der Waals surface area contributed by atoms with Gasteiger partial charge < -0.3 is 10.1 Å². The number of carbonyl (C=O) groups excluding carboxylic acids is 2. The van der Waals surface area contributed by atoms with E-state index in [9.17, 15) is 9.59 Å². The van der Waals surface area contributed by atoms with Crippen molar-refractivity contribution in [1.82, 2.24) is 10.6 Å². The van der Waals surface area contributed by atoms with Crippen LogP contribution in [0.2, 0.25) is 0 Å². The summed E-state index contributed by atoms with van der Waals surface area (Å²) in [5, 5.41) is 5.71. The molecule has 1 rings (SSSR count). The molecule has 1 amide bonds. The van der Waals surface area contributed by atoms with Crippen molar-refractivity contribution in [3.05, 3.63) is 0 Å². The Bertz CT molecular complexity index is 247. The number of hydrogen-bond acceptors (Lipinski definition) is 5.